The molecule has 0 bridgehead atoms. The monoisotopic (exact) mass is 207 g/mol. The molecule has 0 aliphatic rings. The van der Waals surface area contributed by atoms with Crippen LogP contribution in [0.2, 0.25) is 0 Å². The van der Waals surface area contributed by atoms with Crippen molar-refractivity contribution >= 4 is 11.7 Å². The highest BCUT2D eigenvalue weighted by molar-refractivity contribution is 5.98. The van der Waals surface area contributed by atoms with E-state index in [4.69, 9.17) is 5.11 Å². The number of carboxylic acid groups (broad SMARTS) is 1. The first-order valence-corrected chi connectivity index (χ1v) is 4.55. The number of nitrogens with zero attached hydrogens (tertiary/aromatic N) is 1. The van der Waals surface area contributed by atoms with E-state index in [0.717, 1.165) is 11.1 Å². The summed E-state index contributed by atoms with van der Waals surface area (Å²) in [5, 5.41) is 12.0. The number of aliphatic carboxylic acids is 1. The van der Waals surface area contributed by atoms with Gasteiger partial charge in [0.15, 0.2) is 0 Å². The molecule has 1 rings (SSSR count). The quantitative estimate of drug-likeness (QED) is 0.605. The predicted molar refractivity (Wildman–Crippen MR) is 57.0 cm³/mol. The number of carboxylic acids is 1. The van der Waals surface area contributed by atoms with Gasteiger partial charge in [-0.1, -0.05) is 35.0 Å². The third kappa shape index (κ3) is 3.81. The van der Waals surface area contributed by atoms with E-state index in [1.54, 1.807) is 6.92 Å². The van der Waals surface area contributed by atoms with Gasteiger partial charge in [-0.05, 0) is 19.4 Å². The van der Waals surface area contributed by atoms with Gasteiger partial charge >= 0.3 is 5.97 Å². The molecule has 0 amide bonds. The van der Waals surface area contributed by atoms with Crippen LogP contribution in [0.1, 0.15) is 18.1 Å². The Labute approximate surface area is 88.2 Å². The lowest BCUT2D eigenvalue weighted by Gasteiger charge is -2.01. The third-order valence-electron chi connectivity index (χ3n) is 1.86. The molecular weight excluding hydrogens is 194 g/mol. The fourth-order valence-corrected chi connectivity index (χ4v) is 1.03. The van der Waals surface area contributed by atoms with Crippen molar-refractivity contribution in [2.45, 2.75) is 13.8 Å². The predicted octanol–water partition coefficient (Wildman–Crippen LogP) is 1.82. The summed E-state index contributed by atoms with van der Waals surface area (Å²) < 4.78 is 0. The maximum Gasteiger partial charge on any atom is 0.344 e. The van der Waals surface area contributed by atoms with Crippen molar-refractivity contribution in [2.75, 3.05) is 6.61 Å². The number of hydrogen-bond acceptors (Lipinski definition) is 3. The topological polar surface area (TPSA) is 58.9 Å². The molecule has 0 radical (unpaired) electrons. The Morgan fingerprint density at radius 2 is 2.00 bits per heavy atom. The maximum absolute atomic E-state index is 10.2. The first-order valence-electron chi connectivity index (χ1n) is 4.55. The van der Waals surface area contributed by atoms with Crippen molar-refractivity contribution in [3.63, 3.8) is 0 Å². The molecule has 0 fully saturated rings. The average molecular weight is 207 g/mol. The van der Waals surface area contributed by atoms with Crippen LogP contribution in [-0.4, -0.2) is 23.4 Å². The summed E-state index contributed by atoms with van der Waals surface area (Å²) in [6, 6.07) is 7.76. The van der Waals surface area contributed by atoms with E-state index in [2.05, 4.69) is 9.99 Å². The zero-order valence-corrected chi connectivity index (χ0v) is 8.73. The Morgan fingerprint density at radius 1 is 1.40 bits per heavy atom. The minimum atomic E-state index is -1.03. The Hall–Kier alpha value is -1.84. The molecule has 4 heteroatoms. The second-order valence-electron chi connectivity index (χ2n) is 3.21. The lowest BCUT2D eigenvalue weighted by atomic mass is 10.1. The van der Waals surface area contributed by atoms with E-state index < -0.39 is 12.6 Å². The SMILES string of the molecule is C/C(=N\OCC(=O)O)c1ccc(C)cc1. The van der Waals surface area contributed by atoms with Crippen molar-refractivity contribution in [3.05, 3.63) is 35.4 Å². The molecule has 1 N–H and O–H groups in total. The largest absolute Gasteiger partial charge is 0.479 e. The highest BCUT2D eigenvalue weighted by Crippen LogP contribution is 2.04. The molecule has 0 atom stereocenters. The van der Waals surface area contributed by atoms with Gasteiger partial charge in [0.1, 0.15) is 0 Å². The van der Waals surface area contributed by atoms with Crippen molar-refractivity contribution in [1.82, 2.24) is 0 Å². The molecule has 0 saturated carbocycles. The number of aryl methyl sites for hydroxylation is 1. The van der Waals surface area contributed by atoms with Crippen molar-refractivity contribution in [1.29, 1.82) is 0 Å². The lowest BCUT2D eigenvalue weighted by Crippen LogP contribution is -2.05. The summed E-state index contributed by atoms with van der Waals surface area (Å²) in [7, 11) is 0. The molecule has 80 valence electrons. The van der Waals surface area contributed by atoms with Gasteiger partial charge in [-0.3, -0.25) is 0 Å². The van der Waals surface area contributed by atoms with Crippen LogP contribution >= 0.6 is 0 Å². The molecule has 0 unspecified atom stereocenters. The maximum atomic E-state index is 10.2. The van der Waals surface area contributed by atoms with Gasteiger partial charge in [0, 0.05) is 0 Å². The number of rotatable bonds is 4. The zero-order chi connectivity index (χ0) is 11.3. The van der Waals surface area contributed by atoms with Crippen LogP contribution < -0.4 is 0 Å². The van der Waals surface area contributed by atoms with Crippen LogP contribution in [0.4, 0.5) is 0 Å². The van der Waals surface area contributed by atoms with E-state index in [1.807, 2.05) is 31.2 Å². The Morgan fingerprint density at radius 3 is 2.53 bits per heavy atom. The van der Waals surface area contributed by atoms with Crippen molar-refractivity contribution < 1.29 is 14.7 Å². The number of benzene rings is 1. The van der Waals surface area contributed by atoms with E-state index in [9.17, 15) is 4.79 Å². The molecule has 1 aromatic rings. The van der Waals surface area contributed by atoms with E-state index >= 15 is 0 Å². The van der Waals surface area contributed by atoms with Crippen LogP contribution in [0.25, 0.3) is 0 Å². The highest BCUT2D eigenvalue weighted by Gasteiger charge is 1.99. The van der Waals surface area contributed by atoms with Gasteiger partial charge in [0.2, 0.25) is 6.61 Å². The van der Waals surface area contributed by atoms with Crippen LogP contribution in [0, 0.1) is 6.92 Å². The second-order valence-corrected chi connectivity index (χ2v) is 3.21. The highest BCUT2D eigenvalue weighted by atomic mass is 16.6. The molecule has 0 aliphatic heterocycles. The zero-order valence-electron chi connectivity index (χ0n) is 8.73. The van der Waals surface area contributed by atoms with Gasteiger partial charge in [-0.25, -0.2) is 4.79 Å². The minimum absolute atomic E-state index is 0.413. The second kappa shape index (κ2) is 5.14. The molecule has 0 saturated heterocycles. The van der Waals surface area contributed by atoms with Gasteiger partial charge in [-0.15, -0.1) is 0 Å². The minimum Gasteiger partial charge on any atom is -0.479 e. The number of carbonyl (C=O) groups is 1. The van der Waals surface area contributed by atoms with Gasteiger partial charge < -0.3 is 9.94 Å². The fourth-order valence-electron chi connectivity index (χ4n) is 1.03. The summed E-state index contributed by atoms with van der Waals surface area (Å²) in [5.74, 6) is -1.03. The molecule has 0 spiro atoms. The first-order chi connectivity index (χ1) is 7.09. The summed E-state index contributed by atoms with van der Waals surface area (Å²) >= 11 is 0. The van der Waals surface area contributed by atoms with E-state index in [0.29, 0.717) is 5.71 Å². The molecular formula is C11H13NO3. The molecule has 1 aromatic carbocycles. The number of oxime groups is 1. The molecule has 4 nitrogen and oxygen atoms in total. The fraction of sp³-hybridized carbons (Fsp3) is 0.273. The molecule has 15 heavy (non-hydrogen) atoms. The van der Waals surface area contributed by atoms with E-state index in [-0.39, 0.29) is 0 Å². The van der Waals surface area contributed by atoms with Crippen molar-refractivity contribution in [3.8, 4) is 0 Å². The van der Waals surface area contributed by atoms with Gasteiger partial charge in [-0.2, -0.15) is 0 Å². The number of hydrogen-bond donors (Lipinski definition) is 1. The Balaban J connectivity index is 2.63. The van der Waals surface area contributed by atoms with Crippen LogP contribution in [-0.2, 0) is 9.63 Å². The smallest absolute Gasteiger partial charge is 0.344 e. The van der Waals surface area contributed by atoms with Crippen molar-refractivity contribution in [2.24, 2.45) is 5.16 Å². The Bertz CT molecular complexity index is 368. The average Bonchev–Trinajstić information content (AvgIpc) is 2.18. The molecule has 0 heterocycles. The summed E-state index contributed by atoms with van der Waals surface area (Å²) in [4.78, 5) is 14.8. The molecule has 0 aromatic heterocycles. The van der Waals surface area contributed by atoms with Crippen LogP contribution in [0.5, 0.6) is 0 Å². The van der Waals surface area contributed by atoms with Crippen LogP contribution in [0.15, 0.2) is 29.4 Å². The molecule has 0 aliphatic carbocycles. The first kappa shape index (κ1) is 11.2. The summed E-state index contributed by atoms with van der Waals surface area (Å²) in [6.07, 6.45) is 0. The van der Waals surface area contributed by atoms with Gasteiger partial charge in [0.25, 0.3) is 0 Å². The third-order valence-corrected chi connectivity index (χ3v) is 1.86. The lowest BCUT2D eigenvalue weighted by molar-refractivity contribution is -0.142. The van der Waals surface area contributed by atoms with Crippen LogP contribution in [0.3, 0.4) is 0 Å². The normalized spacial score (nSPS) is 11.2. The standard InChI is InChI=1S/C11H13NO3/c1-8-3-5-10(6-4-8)9(2)12-15-7-11(13)14/h3-6H,7H2,1-2H3,(H,13,14)/b12-9+. The summed E-state index contributed by atoms with van der Waals surface area (Å²) in [5.41, 5.74) is 2.75. The Kier molecular flexibility index (Phi) is 3.85. The van der Waals surface area contributed by atoms with E-state index in [1.165, 1.54) is 0 Å². The van der Waals surface area contributed by atoms with Gasteiger partial charge in [0.05, 0.1) is 5.71 Å². The summed E-state index contributed by atoms with van der Waals surface area (Å²) in [6.45, 7) is 3.35.